The molecule has 3 heterocycles. The van der Waals surface area contributed by atoms with Crippen LogP contribution in [-0.4, -0.2) is 27.6 Å². The third-order valence-electron chi connectivity index (χ3n) is 4.43. The summed E-state index contributed by atoms with van der Waals surface area (Å²) in [5, 5.41) is 3.20. The van der Waals surface area contributed by atoms with E-state index in [0.29, 0.717) is 41.9 Å². The van der Waals surface area contributed by atoms with Crippen molar-refractivity contribution in [3.8, 4) is 22.8 Å². The van der Waals surface area contributed by atoms with E-state index >= 15 is 0 Å². The number of benzene rings is 2. The Morgan fingerprint density at radius 1 is 1.00 bits per heavy atom. The summed E-state index contributed by atoms with van der Waals surface area (Å²) >= 11 is 0. The van der Waals surface area contributed by atoms with E-state index in [9.17, 15) is 8.78 Å². The zero-order valence-electron chi connectivity index (χ0n) is 14.5. The van der Waals surface area contributed by atoms with Gasteiger partial charge in [-0.2, -0.15) is 0 Å². The van der Waals surface area contributed by atoms with Crippen molar-refractivity contribution in [3.63, 3.8) is 0 Å². The lowest BCUT2D eigenvalue weighted by Gasteiger charge is -2.19. The van der Waals surface area contributed by atoms with Gasteiger partial charge in [0.2, 0.25) is 0 Å². The minimum atomic E-state index is -0.693. The largest absolute Gasteiger partial charge is 0.486 e. The second kappa shape index (κ2) is 6.49. The summed E-state index contributed by atoms with van der Waals surface area (Å²) in [4.78, 5) is 8.43. The van der Waals surface area contributed by atoms with Crippen molar-refractivity contribution in [3.05, 3.63) is 66.6 Å². The molecule has 4 aromatic rings. The molecule has 1 aliphatic rings. The van der Waals surface area contributed by atoms with Gasteiger partial charge in [0, 0.05) is 24.1 Å². The normalized spacial score (nSPS) is 12.9. The molecular weight excluding hydrogens is 366 g/mol. The van der Waals surface area contributed by atoms with Gasteiger partial charge in [-0.25, -0.2) is 13.8 Å². The molecule has 0 saturated heterocycles. The van der Waals surface area contributed by atoms with Crippen LogP contribution in [0.1, 0.15) is 0 Å². The first kappa shape index (κ1) is 16.5. The number of hydrogen-bond acceptors (Lipinski definition) is 5. The Hall–Kier alpha value is -3.68. The van der Waals surface area contributed by atoms with E-state index in [4.69, 9.17) is 9.47 Å². The molecule has 2 aromatic heterocycles. The average Bonchev–Trinajstić information content (AvgIpc) is 3.06. The van der Waals surface area contributed by atoms with Gasteiger partial charge in [-0.3, -0.25) is 9.38 Å². The van der Waals surface area contributed by atoms with Gasteiger partial charge in [-0.1, -0.05) is 6.07 Å². The second-order valence-electron chi connectivity index (χ2n) is 6.19. The van der Waals surface area contributed by atoms with Crippen molar-refractivity contribution >= 4 is 17.2 Å². The smallest absolute Gasteiger partial charge is 0.163 e. The topological polar surface area (TPSA) is 60.7 Å². The fourth-order valence-corrected chi connectivity index (χ4v) is 3.18. The second-order valence-corrected chi connectivity index (χ2v) is 6.19. The lowest BCUT2D eigenvalue weighted by molar-refractivity contribution is 0.171. The van der Waals surface area contributed by atoms with E-state index in [0.717, 1.165) is 0 Å². The van der Waals surface area contributed by atoms with Gasteiger partial charge in [0.15, 0.2) is 17.1 Å². The first-order valence-electron chi connectivity index (χ1n) is 8.64. The lowest BCUT2D eigenvalue weighted by atomic mass is 10.1. The Bertz CT molecular complexity index is 1170. The highest BCUT2D eigenvalue weighted by atomic mass is 19.1. The minimum absolute atomic E-state index is 0.151. The van der Waals surface area contributed by atoms with E-state index in [-0.39, 0.29) is 11.3 Å². The molecule has 0 radical (unpaired) electrons. The maximum absolute atomic E-state index is 14.4. The molecule has 0 aliphatic carbocycles. The first-order chi connectivity index (χ1) is 13.7. The standard InChI is InChI=1S/C20H14F2N4O2/c21-13-2-1-3-14(22)18(13)19-20(26-7-6-23-11-17(26)25-19)24-12-4-5-15-16(10-12)28-9-8-27-15/h1-7,10-11,24H,8-9H2. The molecule has 140 valence electrons. The molecule has 0 unspecified atom stereocenters. The lowest BCUT2D eigenvalue weighted by Crippen LogP contribution is -2.15. The van der Waals surface area contributed by atoms with Gasteiger partial charge in [0.05, 0.1) is 11.8 Å². The van der Waals surface area contributed by atoms with E-state index in [1.165, 1.54) is 24.4 Å². The number of nitrogens with one attached hydrogen (secondary N) is 1. The van der Waals surface area contributed by atoms with E-state index < -0.39 is 11.6 Å². The number of fused-ring (bicyclic) bond motifs is 2. The van der Waals surface area contributed by atoms with Gasteiger partial charge in [-0.15, -0.1) is 0 Å². The van der Waals surface area contributed by atoms with Gasteiger partial charge in [-0.05, 0) is 24.3 Å². The maximum Gasteiger partial charge on any atom is 0.163 e. The van der Waals surface area contributed by atoms with Crippen molar-refractivity contribution < 1.29 is 18.3 Å². The summed E-state index contributed by atoms with van der Waals surface area (Å²) in [6, 6.07) is 9.08. The summed E-state index contributed by atoms with van der Waals surface area (Å²) < 4.78 is 41.7. The highest BCUT2D eigenvalue weighted by molar-refractivity contribution is 5.80. The van der Waals surface area contributed by atoms with Crippen LogP contribution in [-0.2, 0) is 0 Å². The molecule has 0 atom stereocenters. The van der Waals surface area contributed by atoms with Crippen molar-refractivity contribution in [2.45, 2.75) is 0 Å². The van der Waals surface area contributed by atoms with E-state index in [2.05, 4.69) is 15.3 Å². The molecule has 5 rings (SSSR count). The Morgan fingerprint density at radius 2 is 1.79 bits per heavy atom. The number of nitrogens with zero attached hydrogens (tertiary/aromatic N) is 3. The first-order valence-corrected chi connectivity index (χ1v) is 8.64. The summed E-state index contributed by atoms with van der Waals surface area (Å²) in [6.45, 7) is 0.959. The van der Waals surface area contributed by atoms with Crippen molar-refractivity contribution in [1.29, 1.82) is 0 Å². The fourth-order valence-electron chi connectivity index (χ4n) is 3.18. The van der Waals surface area contributed by atoms with Crippen LogP contribution in [0.15, 0.2) is 55.0 Å². The average molecular weight is 380 g/mol. The molecular formula is C20H14F2N4O2. The molecule has 1 N–H and O–H groups in total. The van der Waals surface area contributed by atoms with Crippen LogP contribution in [0.25, 0.3) is 16.9 Å². The fraction of sp³-hybridized carbons (Fsp3) is 0.100. The van der Waals surface area contributed by atoms with E-state index in [1.54, 1.807) is 35.0 Å². The third-order valence-corrected chi connectivity index (χ3v) is 4.43. The predicted molar refractivity (Wildman–Crippen MR) is 99.1 cm³/mol. The van der Waals surface area contributed by atoms with Crippen LogP contribution in [0.4, 0.5) is 20.3 Å². The Kier molecular flexibility index (Phi) is 3.82. The quantitative estimate of drug-likeness (QED) is 0.578. The molecule has 0 spiro atoms. The molecule has 6 nitrogen and oxygen atoms in total. The maximum atomic E-state index is 14.4. The number of hydrogen-bond donors (Lipinski definition) is 1. The number of rotatable bonds is 3. The third kappa shape index (κ3) is 2.70. The monoisotopic (exact) mass is 380 g/mol. The van der Waals surface area contributed by atoms with Crippen LogP contribution in [0.2, 0.25) is 0 Å². The molecule has 8 heteroatoms. The van der Waals surface area contributed by atoms with Gasteiger partial charge < -0.3 is 14.8 Å². The van der Waals surface area contributed by atoms with Crippen LogP contribution < -0.4 is 14.8 Å². The Balaban J connectivity index is 1.66. The number of imidazole rings is 1. The van der Waals surface area contributed by atoms with Crippen molar-refractivity contribution in [1.82, 2.24) is 14.4 Å². The van der Waals surface area contributed by atoms with Crippen LogP contribution >= 0.6 is 0 Å². The van der Waals surface area contributed by atoms with Crippen LogP contribution in [0.3, 0.4) is 0 Å². The molecule has 0 saturated carbocycles. The zero-order chi connectivity index (χ0) is 19.1. The minimum Gasteiger partial charge on any atom is -0.486 e. The summed E-state index contributed by atoms with van der Waals surface area (Å²) in [5.74, 6) is 0.283. The van der Waals surface area contributed by atoms with E-state index in [1.807, 2.05) is 0 Å². The molecule has 0 amide bonds. The molecule has 1 aliphatic heterocycles. The van der Waals surface area contributed by atoms with Crippen LogP contribution in [0.5, 0.6) is 11.5 Å². The summed E-state index contributed by atoms with van der Waals surface area (Å²) in [6.07, 6.45) is 4.77. The van der Waals surface area contributed by atoms with Crippen molar-refractivity contribution in [2.24, 2.45) is 0 Å². The highest BCUT2D eigenvalue weighted by Gasteiger charge is 2.21. The Morgan fingerprint density at radius 3 is 2.61 bits per heavy atom. The number of anilines is 2. The summed E-state index contributed by atoms with van der Waals surface area (Å²) in [7, 11) is 0. The molecule has 0 bridgehead atoms. The SMILES string of the molecule is Fc1cccc(F)c1-c1nc2cnccn2c1Nc1ccc2c(c1)OCCO2. The number of ether oxygens (including phenoxy) is 2. The van der Waals surface area contributed by atoms with Gasteiger partial charge in [0.25, 0.3) is 0 Å². The molecule has 0 fully saturated rings. The number of aromatic nitrogens is 3. The zero-order valence-corrected chi connectivity index (χ0v) is 14.5. The predicted octanol–water partition coefficient (Wildman–Crippen LogP) is 4.19. The Labute approximate surface area is 158 Å². The van der Waals surface area contributed by atoms with Gasteiger partial charge in [0.1, 0.15) is 36.4 Å². The van der Waals surface area contributed by atoms with Crippen LogP contribution in [0, 0.1) is 11.6 Å². The van der Waals surface area contributed by atoms with Crippen molar-refractivity contribution in [2.75, 3.05) is 18.5 Å². The molecule has 28 heavy (non-hydrogen) atoms. The number of halogens is 2. The summed E-state index contributed by atoms with van der Waals surface area (Å²) in [5.41, 5.74) is 1.07. The van der Waals surface area contributed by atoms with Gasteiger partial charge >= 0.3 is 0 Å². The molecule has 2 aromatic carbocycles. The highest BCUT2D eigenvalue weighted by Crippen LogP contribution is 2.37.